The monoisotopic (exact) mass is 340 g/mol. The number of halogens is 6. The molecule has 20 heavy (non-hydrogen) atoms. The molecule has 0 atom stereocenters. The van der Waals surface area contributed by atoms with Crippen molar-refractivity contribution in [1.29, 1.82) is 0 Å². The summed E-state index contributed by atoms with van der Waals surface area (Å²) < 4.78 is 38.0. The van der Waals surface area contributed by atoms with Crippen LogP contribution in [0.3, 0.4) is 0 Å². The maximum absolute atomic E-state index is 12.7. The highest BCUT2D eigenvalue weighted by molar-refractivity contribution is 6.42. The standard InChI is InChI=1S/C12H6Cl3F3N2/c13-8-2-1-7(5-9(8)14)19-11-4-6(12(16,17)18)3-10(15)20-11/h1-5H,(H,19,20). The lowest BCUT2D eigenvalue weighted by molar-refractivity contribution is -0.137. The Morgan fingerprint density at radius 2 is 1.65 bits per heavy atom. The summed E-state index contributed by atoms with van der Waals surface area (Å²) in [5.74, 6) is -0.0387. The molecule has 1 aromatic heterocycles. The zero-order valence-corrected chi connectivity index (χ0v) is 11.9. The highest BCUT2D eigenvalue weighted by atomic mass is 35.5. The Hall–Kier alpha value is -1.17. The number of pyridine rings is 1. The van der Waals surface area contributed by atoms with Crippen LogP contribution in [0.25, 0.3) is 0 Å². The van der Waals surface area contributed by atoms with Gasteiger partial charge in [0.2, 0.25) is 0 Å². The van der Waals surface area contributed by atoms with E-state index in [0.717, 1.165) is 12.1 Å². The zero-order valence-electron chi connectivity index (χ0n) is 9.60. The lowest BCUT2D eigenvalue weighted by Crippen LogP contribution is -2.06. The fraction of sp³-hybridized carbons (Fsp3) is 0.0833. The highest BCUT2D eigenvalue weighted by Gasteiger charge is 2.31. The molecule has 1 heterocycles. The number of aromatic nitrogens is 1. The van der Waals surface area contributed by atoms with Gasteiger partial charge in [-0.25, -0.2) is 4.98 Å². The molecule has 0 fully saturated rings. The Kier molecular flexibility index (Phi) is 4.32. The molecule has 2 aromatic rings. The molecule has 0 spiro atoms. The van der Waals surface area contributed by atoms with Gasteiger partial charge in [-0.3, -0.25) is 0 Å². The van der Waals surface area contributed by atoms with Crippen molar-refractivity contribution in [3.8, 4) is 0 Å². The number of rotatable bonds is 2. The van der Waals surface area contributed by atoms with Crippen molar-refractivity contribution in [2.75, 3.05) is 5.32 Å². The third kappa shape index (κ3) is 3.69. The summed E-state index contributed by atoms with van der Waals surface area (Å²) in [5.41, 5.74) is -0.442. The van der Waals surface area contributed by atoms with Crippen molar-refractivity contribution < 1.29 is 13.2 Å². The lowest BCUT2D eigenvalue weighted by atomic mass is 10.2. The second-order valence-corrected chi connectivity index (χ2v) is 5.02. The van der Waals surface area contributed by atoms with Gasteiger partial charge in [0.25, 0.3) is 0 Å². The molecule has 0 amide bonds. The summed E-state index contributed by atoms with van der Waals surface area (Å²) in [6.07, 6.45) is -4.50. The van der Waals surface area contributed by atoms with Gasteiger partial charge in [0.1, 0.15) is 11.0 Å². The van der Waals surface area contributed by atoms with Crippen LogP contribution in [0, 0.1) is 0 Å². The first-order chi connectivity index (χ1) is 9.25. The van der Waals surface area contributed by atoms with E-state index >= 15 is 0 Å². The van der Waals surface area contributed by atoms with Crippen molar-refractivity contribution in [2.24, 2.45) is 0 Å². The van der Waals surface area contributed by atoms with Gasteiger partial charge in [-0.2, -0.15) is 13.2 Å². The van der Waals surface area contributed by atoms with Crippen LogP contribution in [0.4, 0.5) is 24.7 Å². The fourth-order valence-corrected chi connectivity index (χ4v) is 1.95. The molecule has 0 saturated heterocycles. The van der Waals surface area contributed by atoms with Crippen LogP contribution in [0.1, 0.15) is 5.56 Å². The molecule has 2 rings (SSSR count). The van der Waals surface area contributed by atoms with Crippen molar-refractivity contribution in [1.82, 2.24) is 4.98 Å². The molecule has 106 valence electrons. The first-order valence-electron chi connectivity index (χ1n) is 5.22. The molecule has 0 aliphatic carbocycles. The first kappa shape index (κ1) is 15.2. The molecule has 0 aliphatic heterocycles. The molecule has 0 unspecified atom stereocenters. The van der Waals surface area contributed by atoms with Crippen LogP contribution in [0.5, 0.6) is 0 Å². The molecular weight excluding hydrogens is 335 g/mol. The summed E-state index contributed by atoms with van der Waals surface area (Å²) >= 11 is 17.1. The number of hydrogen-bond acceptors (Lipinski definition) is 2. The van der Waals surface area contributed by atoms with Gasteiger partial charge in [-0.1, -0.05) is 34.8 Å². The Labute approximate surface area is 127 Å². The molecule has 2 nitrogen and oxygen atoms in total. The lowest BCUT2D eigenvalue weighted by Gasteiger charge is -2.11. The summed E-state index contributed by atoms with van der Waals surface area (Å²) in [6.45, 7) is 0. The van der Waals surface area contributed by atoms with Crippen LogP contribution in [-0.2, 0) is 6.18 Å². The van der Waals surface area contributed by atoms with E-state index in [9.17, 15) is 13.2 Å². The van der Waals surface area contributed by atoms with Gasteiger partial charge >= 0.3 is 6.18 Å². The van der Waals surface area contributed by atoms with Gasteiger partial charge in [0.15, 0.2) is 0 Å². The summed E-state index contributed by atoms with van der Waals surface area (Å²) in [5, 5.41) is 3.04. The first-order valence-corrected chi connectivity index (χ1v) is 6.36. The van der Waals surface area contributed by atoms with Crippen molar-refractivity contribution in [3.05, 3.63) is 51.1 Å². The second kappa shape index (κ2) is 5.68. The quantitative estimate of drug-likeness (QED) is 0.698. The van der Waals surface area contributed by atoms with E-state index in [2.05, 4.69) is 10.3 Å². The SMILES string of the molecule is FC(F)(F)c1cc(Cl)nc(Nc2ccc(Cl)c(Cl)c2)c1. The minimum atomic E-state index is -4.50. The smallest absolute Gasteiger partial charge is 0.340 e. The number of anilines is 2. The van der Waals surface area contributed by atoms with Crippen molar-refractivity contribution >= 4 is 46.3 Å². The van der Waals surface area contributed by atoms with Gasteiger partial charge in [0, 0.05) is 5.69 Å². The molecule has 0 saturated carbocycles. The van der Waals surface area contributed by atoms with Crippen LogP contribution >= 0.6 is 34.8 Å². The summed E-state index contributed by atoms with van der Waals surface area (Å²) in [7, 11) is 0. The van der Waals surface area contributed by atoms with E-state index < -0.39 is 11.7 Å². The second-order valence-electron chi connectivity index (χ2n) is 3.82. The largest absolute Gasteiger partial charge is 0.416 e. The van der Waals surface area contributed by atoms with E-state index in [-0.39, 0.29) is 16.0 Å². The number of nitrogens with zero attached hydrogens (tertiary/aromatic N) is 1. The van der Waals surface area contributed by atoms with E-state index in [4.69, 9.17) is 34.8 Å². The van der Waals surface area contributed by atoms with Crippen LogP contribution in [0.2, 0.25) is 15.2 Å². The zero-order chi connectivity index (χ0) is 14.9. The van der Waals surface area contributed by atoms with E-state index in [1.54, 1.807) is 6.07 Å². The maximum Gasteiger partial charge on any atom is 0.416 e. The molecule has 0 aliphatic rings. The third-order valence-electron chi connectivity index (χ3n) is 2.31. The Morgan fingerprint density at radius 1 is 0.950 bits per heavy atom. The molecular formula is C12H6Cl3F3N2. The molecule has 1 aromatic carbocycles. The minimum absolute atomic E-state index is 0.0387. The predicted octanol–water partition coefficient (Wildman–Crippen LogP) is 5.80. The number of benzene rings is 1. The Balaban J connectivity index is 2.33. The molecule has 1 N–H and O–H groups in total. The Bertz CT molecular complexity index is 644. The number of nitrogens with one attached hydrogen (secondary N) is 1. The van der Waals surface area contributed by atoms with Gasteiger partial charge in [-0.05, 0) is 30.3 Å². The van der Waals surface area contributed by atoms with Crippen molar-refractivity contribution in [2.45, 2.75) is 6.18 Å². The van der Waals surface area contributed by atoms with Gasteiger partial charge in [0.05, 0.1) is 15.6 Å². The summed E-state index contributed by atoms with van der Waals surface area (Å²) in [4.78, 5) is 3.77. The number of hydrogen-bond donors (Lipinski definition) is 1. The van der Waals surface area contributed by atoms with Crippen LogP contribution in [-0.4, -0.2) is 4.98 Å². The normalized spacial score (nSPS) is 11.5. The number of alkyl halides is 3. The van der Waals surface area contributed by atoms with Gasteiger partial charge in [-0.15, -0.1) is 0 Å². The topological polar surface area (TPSA) is 24.9 Å². The van der Waals surface area contributed by atoms with E-state index in [0.29, 0.717) is 10.7 Å². The Morgan fingerprint density at radius 3 is 2.25 bits per heavy atom. The maximum atomic E-state index is 12.7. The third-order valence-corrected chi connectivity index (χ3v) is 3.25. The highest BCUT2D eigenvalue weighted by Crippen LogP contribution is 2.33. The average Bonchev–Trinajstić information content (AvgIpc) is 2.32. The molecule has 0 bridgehead atoms. The fourth-order valence-electron chi connectivity index (χ4n) is 1.45. The van der Waals surface area contributed by atoms with Crippen molar-refractivity contribution in [3.63, 3.8) is 0 Å². The van der Waals surface area contributed by atoms with Crippen LogP contribution < -0.4 is 5.32 Å². The summed E-state index contributed by atoms with van der Waals surface area (Å²) in [6, 6.07) is 6.15. The van der Waals surface area contributed by atoms with E-state index in [1.807, 2.05) is 0 Å². The van der Waals surface area contributed by atoms with E-state index in [1.165, 1.54) is 12.1 Å². The van der Waals surface area contributed by atoms with Gasteiger partial charge < -0.3 is 5.32 Å². The van der Waals surface area contributed by atoms with Crippen LogP contribution in [0.15, 0.2) is 30.3 Å². The molecule has 8 heteroatoms. The average molecular weight is 342 g/mol. The molecule has 0 radical (unpaired) electrons. The predicted molar refractivity (Wildman–Crippen MR) is 74.0 cm³/mol. The minimum Gasteiger partial charge on any atom is -0.340 e.